The smallest absolute Gasteiger partial charge is 0.222 e. The van der Waals surface area contributed by atoms with Gasteiger partial charge in [0, 0.05) is 31.3 Å². The third-order valence-corrected chi connectivity index (χ3v) is 4.48. The number of carbonyl (C=O) groups excluding carboxylic acids is 1. The average molecular weight is 325 g/mol. The van der Waals surface area contributed by atoms with E-state index in [0.717, 1.165) is 6.42 Å². The van der Waals surface area contributed by atoms with Crippen LogP contribution in [0.3, 0.4) is 0 Å². The van der Waals surface area contributed by atoms with Gasteiger partial charge >= 0.3 is 0 Å². The number of carbonyl (C=O) groups is 1. The molecule has 0 aromatic carbocycles. The quantitative estimate of drug-likeness (QED) is 0.724. The molecule has 0 bridgehead atoms. The molecule has 1 N–H and O–H groups in total. The molecule has 3 aromatic heterocycles. The van der Waals surface area contributed by atoms with Gasteiger partial charge in [0.15, 0.2) is 0 Å². The van der Waals surface area contributed by atoms with Crippen LogP contribution < -0.4 is 5.32 Å². The van der Waals surface area contributed by atoms with E-state index in [9.17, 15) is 4.79 Å². The number of thiophene rings is 1. The predicted octanol–water partition coefficient (Wildman–Crippen LogP) is 3.28. The molecule has 0 spiro atoms. The van der Waals surface area contributed by atoms with Gasteiger partial charge in [-0.3, -0.25) is 9.78 Å². The van der Waals surface area contributed by atoms with Crippen molar-refractivity contribution < 1.29 is 4.79 Å². The molecular weight excluding hydrogens is 306 g/mol. The molecule has 3 aromatic rings. The molecule has 5 heteroatoms. The summed E-state index contributed by atoms with van der Waals surface area (Å²) >= 11 is 1.66. The van der Waals surface area contributed by atoms with E-state index < -0.39 is 0 Å². The van der Waals surface area contributed by atoms with Crippen molar-refractivity contribution in [3.05, 3.63) is 77.0 Å². The Morgan fingerprint density at radius 2 is 2.00 bits per heavy atom. The van der Waals surface area contributed by atoms with Gasteiger partial charge in [0.2, 0.25) is 5.91 Å². The van der Waals surface area contributed by atoms with Crippen molar-refractivity contribution >= 4 is 17.2 Å². The van der Waals surface area contributed by atoms with Crippen molar-refractivity contribution in [1.29, 1.82) is 0 Å². The largest absolute Gasteiger partial charge is 0.356 e. The first kappa shape index (κ1) is 15.5. The van der Waals surface area contributed by atoms with Crippen molar-refractivity contribution in [3.8, 4) is 0 Å². The molecule has 0 aliphatic heterocycles. The zero-order chi connectivity index (χ0) is 15.9. The number of hydrogen-bond acceptors (Lipinski definition) is 3. The maximum Gasteiger partial charge on any atom is 0.222 e. The molecule has 0 fully saturated rings. The van der Waals surface area contributed by atoms with E-state index in [1.165, 1.54) is 11.1 Å². The van der Waals surface area contributed by atoms with E-state index in [0.29, 0.717) is 13.0 Å². The Morgan fingerprint density at radius 3 is 2.70 bits per heavy atom. The molecule has 0 aliphatic rings. The van der Waals surface area contributed by atoms with Crippen molar-refractivity contribution in [3.63, 3.8) is 0 Å². The highest BCUT2D eigenvalue weighted by Gasteiger charge is 2.17. The molecule has 118 valence electrons. The summed E-state index contributed by atoms with van der Waals surface area (Å²) in [4.78, 5) is 16.3. The Balaban J connectivity index is 1.56. The molecule has 3 rings (SSSR count). The van der Waals surface area contributed by atoms with Gasteiger partial charge < -0.3 is 9.88 Å². The molecule has 0 aliphatic carbocycles. The Morgan fingerprint density at radius 1 is 1.22 bits per heavy atom. The Hall–Kier alpha value is -2.40. The molecule has 3 heterocycles. The van der Waals surface area contributed by atoms with Gasteiger partial charge in [0.25, 0.3) is 0 Å². The molecule has 0 radical (unpaired) electrons. The molecular formula is C18H19N3OS. The van der Waals surface area contributed by atoms with Crippen LogP contribution in [0, 0.1) is 0 Å². The number of hydrogen-bond donors (Lipinski definition) is 1. The van der Waals surface area contributed by atoms with Gasteiger partial charge in [0.1, 0.15) is 0 Å². The first-order valence-electron chi connectivity index (χ1n) is 7.63. The fourth-order valence-corrected chi connectivity index (χ4v) is 3.27. The van der Waals surface area contributed by atoms with E-state index in [1.807, 2.05) is 42.0 Å². The Bertz CT molecular complexity index is 674. The number of aromatic nitrogens is 2. The van der Waals surface area contributed by atoms with Gasteiger partial charge in [-0.2, -0.15) is 11.3 Å². The van der Waals surface area contributed by atoms with Gasteiger partial charge in [-0.25, -0.2) is 0 Å². The van der Waals surface area contributed by atoms with Crippen LogP contribution in [-0.2, 0) is 11.2 Å². The molecule has 1 atom stereocenters. The molecule has 1 amide bonds. The van der Waals surface area contributed by atoms with Crippen molar-refractivity contribution in [2.75, 3.05) is 6.54 Å². The van der Waals surface area contributed by atoms with E-state index in [-0.39, 0.29) is 11.9 Å². The summed E-state index contributed by atoms with van der Waals surface area (Å²) in [6.07, 6.45) is 8.83. The lowest BCUT2D eigenvalue weighted by Crippen LogP contribution is -2.28. The topological polar surface area (TPSA) is 46.9 Å². The van der Waals surface area contributed by atoms with Crippen molar-refractivity contribution in [1.82, 2.24) is 14.9 Å². The summed E-state index contributed by atoms with van der Waals surface area (Å²) in [5.74, 6) is 0.0731. The number of rotatable bonds is 7. The van der Waals surface area contributed by atoms with E-state index in [4.69, 9.17) is 0 Å². The second-order valence-corrected chi connectivity index (χ2v) is 6.14. The van der Waals surface area contributed by atoms with Gasteiger partial charge in [-0.1, -0.05) is 0 Å². The summed E-state index contributed by atoms with van der Waals surface area (Å²) in [6.45, 7) is 0.644. The van der Waals surface area contributed by atoms with Crippen LogP contribution in [0.5, 0.6) is 0 Å². The molecule has 23 heavy (non-hydrogen) atoms. The second kappa shape index (κ2) is 7.74. The number of amides is 1. The second-order valence-electron chi connectivity index (χ2n) is 5.36. The van der Waals surface area contributed by atoms with Crippen LogP contribution in [0.2, 0.25) is 0 Å². The monoisotopic (exact) mass is 325 g/mol. The highest BCUT2D eigenvalue weighted by Crippen LogP contribution is 2.24. The van der Waals surface area contributed by atoms with Gasteiger partial charge in [0.05, 0.1) is 12.5 Å². The first-order valence-corrected chi connectivity index (χ1v) is 8.57. The van der Waals surface area contributed by atoms with Crippen LogP contribution in [0.4, 0.5) is 0 Å². The number of nitrogens with one attached hydrogen (secondary N) is 1. The fourth-order valence-electron chi connectivity index (χ4n) is 2.56. The van der Waals surface area contributed by atoms with Gasteiger partial charge in [-0.05, 0) is 58.6 Å². The van der Waals surface area contributed by atoms with Crippen molar-refractivity contribution in [2.24, 2.45) is 0 Å². The normalized spacial score (nSPS) is 12.0. The molecule has 0 unspecified atom stereocenters. The molecule has 0 saturated carbocycles. The van der Waals surface area contributed by atoms with Crippen LogP contribution in [0.15, 0.2) is 65.9 Å². The van der Waals surface area contributed by atoms with E-state index >= 15 is 0 Å². The minimum atomic E-state index is 0.0529. The summed E-state index contributed by atoms with van der Waals surface area (Å²) in [5, 5.41) is 7.17. The Labute approximate surface area is 139 Å². The van der Waals surface area contributed by atoms with E-state index in [1.54, 1.807) is 23.7 Å². The Kier molecular flexibility index (Phi) is 5.21. The maximum atomic E-state index is 12.3. The minimum absolute atomic E-state index is 0.0529. The lowest BCUT2D eigenvalue weighted by molar-refractivity contribution is -0.121. The fraction of sp³-hybridized carbons (Fsp3) is 0.222. The van der Waals surface area contributed by atoms with E-state index in [2.05, 4.69) is 26.3 Å². The lowest BCUT2D eigenvalue weighted by Gasteiger charge is -2.18. The van der Waals surface area contributed by atoms with Crippen LogP contribution in [0.1, 0.15) is 23.6 Å². The minimum Gasteiger partial charge on any atom is -0.356 e. The van der Waals surface area contributed by atoms with Gasteiger partial charge in [-0.15, -0.1) is 0 Å². The predicted molar refractivity (Wildman–Crippen MR) is 92.5 cm³/mol. The number of nitrogens with zero attached hydrogens (tertiary/aromatic N) is 2. The SMILES string of the molecule is O=C(C[C@@H](c1ccsc1)n1cccc1)NCCc1ccncc1. The maximum absolute atomic E-state index is 12.3. The standard InChI is InChI=1S/C18H19N3OS/c22-18(20-9-5-15-3-7-19-8-4-15)13-17(16-6-12-23-14-16)21-10-1-2-11-21/h1-4,6-8,10-12,14,17H,5,9,13H2,(H,20,22)/t17-/m0/s1. The third-order valence-electron chi connectivity index (χ3n) is 3.78. The highest BCUT2D eigenvalue weighted by molar-refractivity contribution is 7.08. The van der Waals surface area contributed by atoms with Crippen LogP contribution in [0.25, 0.3) is 0 Å². The molecule has 0 saturated heterocycles. The number of pyridine rings is 1. The van der Waals surface area contributed by atoms with Crippen LogP contribution >= 0.6 is 11.3 Å². The summed E-state index contributed by atoms with van der Waals surface area (Å²) in [7, 11) is 0. The highest BCUT2D eigenvalue weighted by atomic mass is 32.1. The molecule has 4 nitrogen and oxygen atoms in total. The first-order chi connectivity index (χ1) is 11.3. The zero-order valence-corrected chi connectivity index (χ0v) is 13.6. The summed E-state index contributed by atoms with van der Waals surface area (Å²) in [6, 6.07) is 10.1. The van der Waals surface area contributed by atoms with Crippen LogP contribution in [-0.4, -0.2) is 22.0 Å². The van der Waals surface area contributed by atoms with Crippen molar-refractivity contribution in [2.45, 2.75) is 18.9 Å². The third kappa shape index (κ3) is 4.29. The average Bonchev–Trinajstić information content (AvgIpc) is 3.27. The summed E-state index contributed by atoms with van der Waals surface area (Å²) < 4.78 is 2.09. The zero-order valence-electron chi connectivity index (χ0n) is 12.8. The lowest BCUT2D eigenvalue weighted by atomic mass is 10.1. The summed E-state index contributed by atoms with van der Waals surface area (Å²) in [5.41, 5.74) is 2.36.